The third kappa shape index (κ3) is 1.86. The Kier molecular flexibility index (Phi) is 3.00. The molecule has 2 nitrogen and oxygen atoms in total. The lowest BCUT2D eigenvalue weighted by Crippen LogP contribution is -2.37. The lowest BCUT2D eigenvalue weighted by Gasteiger charge is -2.41. The van der Waals surface area contributed by atoms with Crippen LogP contribution in [0.25, 0.3) is 0 Å². The van der Waals surface area contributed by atoms with Crippen molar-refractivity contribution in [3.8, 4) is 0 Å². The summed E-state index contributed by atoms with van der Waals surface area (Å²) in [7, 11) is 0. The molecule has 0 aromatic rings. The first-order chi connectivity index (χ1) is 8.86. The van der Waals surface area contributed by atoms with Crippen LogP contribution in [0.5, 0.6) is 0 Å². The summed E-state index contributed by atoms with van der Waals surface area (Å²) < 4.78 is 5.42. The zero-order valence-electron chi connectivity index (χ0n) is 12.9. The molecular weight excluding hydrogens is 236 g/mol. The number of rotatable bonds is 2. The predicted molar refractivity (Wildman–Crippen MR) is 75.6 cm³/mol. The molecule has 5 atom stereocenters. The van der Waals surface area contributed by atoms with Gasteiger partial charge in [-0.2, -0.15) is 0 Å². The summed E-state index contributed by atoms with van der Waals surface area (Å²) in [4.78, 5) is 11.2. The van der Waals surface area contributed by atoms with Gasteiger partial charge in [0, 0.05) is 12.8 Å². The first kappa shape index (κ1) is 13.5. The highest BCUT2D eigenvalue weighted by Gasteiger charge is 2.64. The van der Waals surface area contributed by atoms with Gasteiger partial charge in [-0.15, -0.1) is 0 Å². The normalized spacial score (nSPS) is 46.9. The van der Waals surface area contributed by atoms with Crippen molar-refractivity contribution in [2.24, 2.45) is 34.5 Å². The molecule has 3 fully saturated rings. The van der Waals surface area contributed by atoms with Gasteiger partial charge < -0.3 is 4.74 Å². The van der Waals surface area contributed by atoms with Gasteiger partial charge in [-0.25, -0.2) is 0 Å². The Balaban J connectivity index is 1.90. The van der Waals surface area contributed by atoms with Gasteiger partial charge in [0.15, 0.2) is 0 Å². The van der Waals surface area contributed by atoms with Gasteiger partial charge in [0.25, 0.3) is 0 Å². The number of carbonyl (C=O) groups excluding carboxylic acids is 1. The average Bonchev–Trinajstić information content (AvgIpc) is 2.78. The molecule has 19 heavy (non-hydrogen) atoms. The van der Waals surface area contributed by atoms with Crippen LogP contribution in [-0.2, 0) is 9.53 Å². The first-order valence-electron chi connectivity index (χ1n) is 7.99. The maximum atomic E-state index is 11.2. The highest BCUT2D eigenvalue weighted by atomic mass is 16.5. The fraction of sp³-hybridized carbons (Fsp3) is 0.941. The molecule has 3 rings (SSSR count). The molecule has 0 N–H and O–H groups in total. The topological polar surface area (TPSA) is 26.3 Å². The highest BCUT2D eigenvalue weighted by molar-refractivity contribution is 5.65. The second kappa shape index (κ2) is 4.23. The van der Waals surface area contributed by atoms with Gasteiger partial charge >= 0.3 is 5.97 Å². The van der Waals surface area contributed by atoms with Crippen LogP contribution in [-0.4, -0.2) is 12.6 Å². The fourth-order valence-corrected chi connectivity index (χ4v) is 6.09. The lowest BCUT2D eigenvalue weighted by molar-refractivity contribution is -0.144. The van der Waals surface area contributed by atoms with Crippen LogP contribution in [0.3, 0.4) is 0 Å². The van der Waals surface area contributed by atoms with Gasteiger partial charge in [0.2, 0.25) is 0 Å². The van der Waals surface area contributed by atoms with E-state index in [9.17, 15) is 4.79 Å². The fourth-order valence-electron chi connectivity index (χ4n) is 6.09. The molecule has 4 bridgehead atoms. The van der Waals surface area contributed by atoms with Crippen LogP contribution < -0.4 is 0 Å². The van der Waals surface area contributed by atoms with Crippen molar-refractivity contribution >= 4 is 5.97 Å². The number of hydrogen-bond acceptors (Lipinski definition) is 2. The van der Waals surface area contributed by atoms with Crippen molar-refractivity contribution in [2.45, 2.75) is 59.8 Å². The lowest BCUT2D eigenvalue weighted by atomic mass is 9.65. The smallest absolute Gasteiger partial charge is 0.302 e. The maximum Gasteiger partial charge on any atom is 0.302 e. The van der Waals surface area contributed by atoms with Crippen LogP contribution in [0.4, 0.5) is 0 Å². The predicted octanol–water partition coefficient (Wildman–Crippen LogP) is 4.04. The second-order valence-corrected chi connectivity index (χ2v) is 8.13. The largest absolute Gasteiger partial charge is 0.466 e. The van der Waals surface area contributed by atoms with Crippen molar-refractivity contribution in [1.29, 1.82) is 0 Å². The Hall–Kier alpha value is -0.530. The summed E-state index contributed by atoms with van der Waals surface area (Å²) >= 11 is 0. The number of hydrogen-bond donors (Lipinski definition) is 0. The van der Waals surface area contributed by atoms with E-state index in [1.807, 2.05) is 0 Å². The molecule has 0 amide bonds. The summed E-state index contributed by atoms with van der Waals surface area (Å²) in [6, 6.07) is 0. The molecule has 2 heteroatoms. The summed E-state index contributed by atoms with van der Waals surface area (Å²) in [5.74, 6) is 3.03. The summed E-state index contributed by atoms with van der Waals surface area (Å²) in [6.07, 6.45) is 6.83. The number of ether oxygens (including phenoxy) is 1. The van der Waals surface area contributed by atoms with Crippen molar-refractivity contribution in [2.75, 3.05) is 6.61 Å². The molecule has 0 aromatic heterocycles. The van der Waals surface area contributed by atoms with Gasteiger partial charge in [-0.3, -0.25) is 4.79 Å². The molecule has 3 aliphatic carbocycles. The van der Waals surface area contributed by atoms with Crippen molar-refractivity contribution in [3.63, 3.8) is 0 Å². The Labute approximate surface area is 117 Å². The van der Waals surface area contributed by atoms with Gasteiger partial charge in [0.05, 0.1) is 6.61 Å². The van der Waals surface area contributed by atoms with E-state index >= 15 is 0 Å². The highest BCUT2D eigenvalue weighted by Crippen LogP contribution is 2.70. The minimum Gasteiger partial charge on any atom is -0.466 e. The minimum absolute atomic E-state index is 0.113. The Morgan fingerprint density at radius 1 is 1.21 bits per heavy atom. The van der Waals surface area contributed by atoms with Crippen LogP contribution in [0, 0.1) is 34.5 Å². The molecule has 3 saturated carbocycles. The van der Waals surface area contributed by atoms with Crippen LogP contribution in [0.15, 0.2) is 0 Å². The van der Waals surface area contributed by atoms with Crippen molar-refractivity contribution in [1.82, 2.24) is 0 Å². The van der Waals surface area contributed by atoms with Gasteiger partial charge in [-0.1, -0.05) is 27.2 Å². The molecular formula is C17H28O2. The monoisotopic (exact) mass is 264 g/mol. The average molecular weight is 264 g/mol. The van der Waals surface area contributed by atoms with Crippen LogP contribution in [0.1, 0.15) is 59.8 Å². The number of esters is 1. The van der Waals surface area contributed by atoms with E-state index in [0.717, 1.165) is 17.8 Å². The Bertz CT molecular complexity index is 387. The maximum absolute atomic E-state index is 11.2. The molecule has 0 aromatic carbocycles. The summed E-state index contributed by atoms with van der Waals surface area (Å²) in [5.41, 5.74) is 0.908. The molecule has 0 saturated heterocycles. The summed E-state index contributed by atoms with van der Waals surface area (Å²) in [5, 5.41) is 0. The van der Waals surface area contributed by atoms with Crippen molar-refractivity contribution in [3.05, 3.63) is 0 Å². The van der Waals surface area contributed by atoms with Crippen LogP contribution >= 0.6 is 0 Å². The van der Waals surface area contributed by atoms with E-state index in [-0.39, 0.29) is 5.97 Å². The third-order valence-corrected chi connectivity index (χ3v) is 6.82. The quantitative estimate of drug-likeness (QED) is 0.704. The number of carbonyl (C=O) groups is 1. The molecule has 0 aliphatic heterocycles. The van der Waals surface area contributed by atoms with E-state index in [0.29, 0.717) is 23.4 Å². The molecule has 3 aliphatic rings. The van der Waals surface area contributed by atoms with E-state index in [4.69, 9.17) is 4.74 Å². The van der Waals surface area contributed by atoms with Crippen molar-refractivity contribution < 1.29 is 9.53 Å². The third-order valence-electron chi connectivity index (χ3n) is 6.82. The summed E-state index contributed by atoms with van der Waals surface area (Å²) in [6.45, 7) is 9.64. The zero-order chi connectivity index (χ0) is 13.8. The Morgan fingerprint density at radius 2 is 1.95 bits per heavy atom. The minimum atomic E-state index is -0.113. The standard InChI is InChI=1S/C17H28O2/c1-11(18)19-10-14-12-6-7-13-15(12)16(2,3)8-5-9-17(13,14)4/h12-15H,5-10H2,1-4H3/t12-,13?,14?,15?,17+/m1/s1. The van der Waals surface area contributed by atoms with E-state index in [1.165, 1.54) is 39.0 Å². The van der Waals surface area contributed by atoms with Crippen LogP contribution in [0.2, 0.25) is 0 Å². The molecule has 108 valence electrons. The van der Waals surface area contributed by atoms with E-state index in [2.05, 4.69) is 20.8 Å². The van der Waals surface area contributed by atoms with E-state index in [1.54, 1.807) is 0 Å². The molecule has 0 radical (unpaired) electrons. The van der Waals surface area contributed by atoms with E-state index < -0.39 is 0 Å². The Morgan fingerprint density at radius 3 is 2.63 bits per heavy atom. The zero-order valence-corrected chi connectivity index (χ0v) is 12.9. The molecule has 0 spiro atoms. The van der Waals surface area contributed by atoms with Gasteiger partial charge in [0.1, 0.15) is 0 Å². The molecule has 3 unspecified atom stereocenters. The van der Waals surface area contributed by atoms with Gasteiger partial charge in [-0.05, 0) is 54.3 Å². The molecule has 0 heterocycles. The second-order valence-electron chi connectivity index (χ2n) is 8.13. The first-order valence-corrected chi connectivity index (χ1v) is 7.99. The SMILES string of the molecule is CC(=O)OCC1[C@H]2CCC3C2C(C)(C)CCC[C@@]31C.